The highest BCUT2D eigenvalue weighted by Crippen LogP contribution is 2.31. The fraction of sp³-hybridized carbons (Fsp3) is 0.208. The van der Waals surface area contributed by atoms with Gasteiger partial charge < -0.3 is 5.73 Å². The molecule has 0 unspecified atom stereocenters. The molecule has 0 saturated heterocycles. The minimum Gasteiger partial charge on any atom is -0.366 e. The van der Waals surface area contributed by atoms with Gasteiger partial charge in [0.2, 0.25) is 0 Å². The summed E-state index contributed by atoms with van der Waals surface area (Å²) in [5, 5.41) is 0. The number of halogens is 3. The van der Waals surface area contributed by atoms with E-state index < -0.39 is 29.3 Å². The molecular formula is C24H20F3N3O2. The van der Waals surface area contributed by atoms with Crippen molar-refractivity contribution in [2.45, 2.75) is 26.7 Å². The van der Waals surface area contributed by atoms with Crippen molar-refractivity contribution in [2.24, 2.45) is 5.73 Å². The van der Waals surface area contributed by atoms with Crippen molar-refractivity contribution in [3.8, 4) is 0 Å². The summed E-state index contributed by atoms with van der Waals surface area (Å²) >= 11 is 0. The number of amides is 2. The number of hydrogen-bond acceptors (Lipinski definition) is 3. The van der Waals surface area contributed by atoms with E-state index in [0.29, 0.717) is 30.0 Å². The van der Waals surface area contributed by atoms with Crippen LogP contribution in [0, 0.1) is 31.3 Å². The summed E-state index contributed by atoms with van der Waals surface area (Å²) in [4.78, 5) is 29.4. The number of nitrogens with two attached hydrogens (primary N) is 1. The number of carbonyl (C=O) groups is 2. The van der Waals surface area contributed by atoms with E-state index in [1.807, 2.05) is 13.8 Å². The van der Waals surface area contributed by atoms with Gasteiger partial charge in [-0.25, -0.2) is 18.2 Å². The summed E-state index contributed by atoms with van der Waals surface area (Å²) in [6.07, 6.45) is 1.69. The first-order valence-electron chi connectivity index (χ1n) is 10.0. The largest absolute Gasteiger partial charge is 0.366 e. The number of pyridine rings is 1. The van der Waals surface area contributed by atoms with Crippen LogP contribution in [-0.2, 0) is 12.8 Å². The molecule has 3 aromatic rings. The van der Waals surface area contributed by atoms with Crippen LogP contribution in [0.4, 0.5) is 19.0 Å². The van der Waals surface area contributed by atoms with E-state index in [4.69, 9.17) is 5.73 Å². The standard InChI is InChI=1S/C24H20F3N3O2/c1-12-13(2)17-5-6-30(23-21(27)10-16(25)11-29-23)24(32)19(17)9-15(12)7-14-3-4-18(22(28)31)20(26)8-14/h3-4,8-11H,5-7H2,1-2H3,(H2,28,31). The van der Waals surface area contributed by atoms with Gasteiger partial charge in [-0.1, -0.05) is 6.07 Å². The Labute approximate surface area is 182 Å². The molecule has 0 radical (unpaired) electrons. The third kappa shape index (κ3) is 3.72. The van der Waals surface area contributed by atoms with Gasteiger partial charge in [0.15, 0.2) is 11.6 Å². The molecule has 1 aliphatic rings. The molecule has 0 aliphatic carbocycles. The van der Waals surface area contributed by atoms with Gasteiger partial charge in [0.25, 0.3) is 11.8 Å². The van der Waals surface area contributed by atoms with Gasteiger partial charge >= 0.3 is 0 Å². The molecule has 0 atom stereocenters. The molecular weight excluding hydrogens is 419 g/mol. The smallest absolute Gasteiger partial charge is 0.259 e. The Morgan fingerprint density at radius 1 is 1.09 bits per heavy atom. The topological polar surface area (TPSA) is 76.3 Å². The first kappa shape index (κ1) is 21.5. The van der Waals surface area contributed by atoms with E-state index in [9.17, 15) is 22.8 Å². The summed E-state index contributed by atoms with van der Waals surface area (Å²) in [6.45, 7) is 4.06. The lowest BCUT2D eigenvalue weighted by atomic mass is 9.86. The van der Waals surface area contributed by atoms with Crippen molar-refractivity contribution in [3.63, 3.8) is 0 Å². The fourth-order valence-electron chi connectivity index (χ4n) is 4.10. The number of rotatable bonds is 4. The second kappa shape index (κ2) is 8.11. The van der Waals surface area contributed by atoms with Gasteiger partial charge in [-0.15, -0.1) is 0 Å². The van der Waals surface area contributed by atoms with Crippen LogP contribution < -0.4 is 10.6 Å². The Morgan fingerprint density at radius 3 is 2.50 bits per heavy atom. The normalized spacial score (nSPS) is 13.3. The molecule has 164 valence electrons. The molecule has 8 heteroatoms. The van der Waals surface area contributed by atoms with Crippen molar-refractivity contribution in [1.29, 1.82) is 0 Å². The van der Waals surface area contributed by atoms with E-state index >= 15 is 0 Å². The van der Waals surface area contributed by atoms with Crippen molar-refractivity contribution in [1.82, 2.24) is 4.98 Å². The van der Waals surface area contributed by atoms with Crippen molar-refractivity contribution >= 4 is 17.6 Å². The second-order valence-electron chi connectivity index (χ2n) is 7.83. The maximum atomic E-state index is 14.3. The summed E-state index contributed by atoms with van der Waals surface area (Å²) in [6, 6.07) is 6.63. The molecule has 1 aliphatic heterocycles. The van der Waals surface area contributed by atoms with Crippen LogP contribution in [-0.4, -0.2) is 23.3 Å². The summed E-state index contributed by atoms with van der Waals surface area (Å²) in [5.74, 6) is -3.92. The predicted octanol–water partition coefficient (Wildman–Crippen LogP) is 4.01. The molecule has 2 amide bonds. The Kier molecular flexibility index (Phi) is 5.46. The van der Waals surface area contributed by atoms with E-state index in [0.717, 1.165) is 28.5 Å². The van der Waals surface area contributed by atoms with E-state index in [1.165, 1.54) is 17.0 Å². The van der Waals surface area contributed by atoms with Crippen molar-refractivity contribution in [2.75, 3.05) is 11.4 Å². The monoisotopic (exact) mass is 439 g/mol. The number of anilines is 1. The third-order valence-corrected chi connectivity index (χ3v) is 5.94. The highest BCUT2D eigenvalue weighted by atomic mass is 19.1. The van der Waals surface area contributed by atoms with Gasteiger partial charge in [0.05, 0.1) is 11.8 Å². The van der Waals surface area contributed by atoms with E-state index in [-0.39, 0.29) is 17.9 Å². The Bertz CT molecular complexity index is 1270. The number of hydrogen-bond donors (Lipinski definition) is 1. The van der Waals surface area contributed by atoms with Gasteiger partial charge in [-0.2, -0.15) is 0 Å². The Balaban J connectivity index is 1.72. The molecule has 1 aromatic heterocycles. The molecule has 0 saturated carbocycles. The van der Waals surface area contributed by atoms with Gasteiger partial charge in [-0.05, 0) is 72.7 Å². The molecule has 2 N–H and O–H groups in total. The Morgan fingerprint density at radius 2 is 1.84 bits per heavy atom. The summed E-state index contributed by atoms with van der Waals surface area (Å²) in [5.41, 5.74) is 9.57. The first-order chi connectivity index (χ1) is 15.2. The quantitative estimate of drug-likeness (QED) is 0.668. The van der Waals surface area contributed by atoms with Crippen LogP contribution in [0.1, 0.15) is 48.5 Å². The first-order valence-corrected chi connectivity index (χ1v) is 10.0. The second-order valence-corrected chi connectivity index (χ2v) is 7.83. The average molecular weight is 439 g/mol. The molecule has 0 bridgehead atoms. The van der Waals surface area contributed by atoms with Gasteiger partial charge in [0, 0.05) is 18.2 Å². The minimum absolute atomic E-state index is 0.188. The van der Waals surface area contributed by atoms with Crippen LogP contribution in [0.5, 0.6) is 0 Å². The van der Waals surface area contributed by atoms with E-state index in [1.54, 1.807) is 12.1 Å². The zero-order chi connectivity index (χ0) is 23.2. The van der Waals surface area contributed by atoms with Crippen LogP contribution in [0.3, 0.4) is 0 Å². The van der Waals surface area contributed by atoms with E-state index in [2.05, 4.69) is 4.98 Å². The third-order valence-electron chi connectivity index (χ3n) is 5.94. The number of fused-ring (bicyclic) bond motifs is 1. The van der Waals surface area contributed by atoms with Crippen LogP contribution in [0.2, 0.25) is 0 Å². The van der Waals surface area contributed by atoms with Crippen molar-refractivity contribution < 1.29 is 22.8 Å². The lowest BCUT2D eigenvalue weighted by molar-refractivity contribution is 0.0975. The summed E-state index contributed by atoms with van der Waals surface area (Å²) in [7, 11) is 0. The molecule has 0 spiro atoms. The number of primary amides is 1. The maximum absolute atomic E-state index is 14.3. The number of nitrogens with zero attached hydrogens (tertiary/aromatic N) is 2. The molecule has 2 aromatic carbocycles. The molecule has 0 fully saturated rings. The van der Waals surface area contributed by atoms with Crippen LogP contribution in [0.25, 0.3) is 0 Å². The zero-order valence-electron chi connectivity index (χ0n) is 17.5. The van der Waals surface area contributed by atoms with Crippen molar-refractivity contribution in [3.05, 3.63) is 92.9 Å². The average Bonchev–Trinajstić information content (AvgIpc) is 2.73. The maximum Gasteiger partial charge on any atom is 0.259 e. The highest BCUT2D eigenvalue weighted by molar-refractivity contribution is 6.08. The van der Waals surface area contributed by atoms with Gasteiger partial charge in [-0.3, -0.25) is 14.5 Å². The Hall–Kier alpha value is -3.68. The fourth-order valence-corrected chi connectivity index (χ4v) is 4.10. The molecule has 5 nitrogen and oxygen atoms in total. The van der Waals surface area contributed by atoms with Crippen LogP contribution >= 0.6 is 0 Å². The number of carbonyl (C=O) groups excluding carboxylic acids is 2. The minimum atomic E-state index is -0.907. The number of aromatic nitrogens is 1. The molecule has 2 heterocycles. The van der Waals surface area contributed by atoms with Gasteiger partial charge in [0.1, 0.15) is 11.6 Å². The SMILES string of the molecule is Cc1c(Cc2ccc(C(N)=O)c(F)c2)cc2c(c1C)CCN(c1ncc(F)cc1F)C2=O. The summed E-state index contributed by atoms with van der Waals surface area (Å²) < 4.78 is 41.7. The van der Waals surface area contributed by atoms with Crippen LogP contribution in [0.15, 0.2) is 36.5 Å². The molecule has 4 rings (SSSR count). The lowest BCUT2D eigenvalue weighted by Crippen LogP contribution is -2.39. The predicted molar refractivity (Wildman–Crippen MR) is 113 cm³/mol. The highest BCUT2D eigenvalue weighted by Gasteiger charge is 2.30. The number of benzene rings is 2. The lowest BCUT2D eigenvalue weighted by Gasteiger charge is -2.30. The zero-order valence-corrected chi connectivity index (χ0v) is 17.5. The molecule has 32 heavy (non-hydrogen) atoms.